The number of likely N-dealkylation sites (N-methyl/N-ethyl adjacent to an activating group) is 1. The van der Waals surface area contributed by atoms with E-state index in [1.165, 1.54) is 19.3 Å². The molecule has 20 heavy (non-hydrogen) atoms. The Morgan fingerprint density at radius 1 is 1.45 bits per heavy atom. The van der Waals surface area contributed by atoms with Crippen LogP contribution in [0.5, 0.6) is 5.75 Å². The highest BCUT2D eigenvalue weighted by atomic mass is 16.5. The number of nitrogens with zero attached hydrogens (tertiary/aromatic N) is 1. The Morgan fingerprint density at radius 3 is 2.85 bits per heavy atom. The van der Waals surface area contributed by atoms with Gasteiger partial charge < -0.3 is 9.64 Å². The Balaban J connectivity index is 1.79. The van der Waals surface area contributed by atoms with Gasteiger partial charge in [-0.3, -0.25) is 10.2 Å². The number of hydrogen-bond donors (Lipinski definition) is 2. The molecule has 1 aromatic rings. The van der Waals surface area contributed by atoms with E-state index < -0.39 is 0 Å². The second kappa shape index (κ2) is 7.26. The minimum absolute atomic E-state index is 0.330. The van der Waals surface area contributed by atoms with Gasteiger partial charge in [-0.25, -0.2) is 5.84 Å². The van der Waals surface area contributed by atoms with E-state index >= 15 is 0 Å². The summed E-state index contributed by atoms with van der Waals surface area (Å²) in [4.78, 5) is 13.9. The molecule has 0 heterocycles. The summed E-state index contributed by atoms with van der Waals surface area (Å²) in [5.41, 5.74) is 2.60. The molecule has 5 heteroatoms. The number of carbonyl (C=O) groups is 1. The minimum Gasteiger partial charge on any atom is -0.491 e. The van der Waals surface area contributed by atoms with Crippen LogP contribution in [0.1, 0.15) is 29.6 Å². The zero-order valence-corrected chi connectivity index (χ0v) is 12.0. The molecule has 0 aromatic heterocycles. The van der Waals surface area contributed by atoms with Gasteiger partial charge in [-0.15, -0.1) is 0 Å². The van der Waals surface area contributed by atoms with E-state index in [0.717, 1.165) is 19.0 Å². The van der Waals surface area contributed by atoms with Crippen molar-refractivity contribution in [2.24, 2.45) is 11.8 Å². The van der Waals surface area contributed by atoms with Crippen LogP contribution >= 0.6 is 0 Å². The third-order valence-electron chi connectivity index (χ3n) is 3.79. The average molecular weight is 277 g/mol. The molecule has 1 aliphatic carbocycles. The van der Waals surface area contributed by atoms with Gasteiger partial charge in [0.15, 0.2) is 0 Å². The van der Waals surface area contributed by atoms with Gasteiger partial charge in [0.1, 0.15) is 12.4 Å². The molecule has 1 fully saturated rings. The summed E-state index contributed by atoms with van der Waals surface area (Å²) in [6.07, 6.45) is 4.08. The molecule has 0 bridgehead atoms. The normalized spacial score (nSPS) is 14.9. The lowest BCUT2D eigenvalue weighted by Gasteiger charge is -2.30. The van der Waals surface area contributed by atoms with Crippen molar-refractivity contribution in [1.82, 2.24) is 10.3 Å². The Morgan fingerprint density at radius 2 is 2.20 bits per heavy atom. The molecule has 0 saturated heterocycles. The van der Waals surface area contributed by atoms with Gasteiger partial charge >= 0.3 is 0 Å². The quantitative estimate of drug-likeness (QED) is 0.449. The lowest BCUT2D eigenvalue weighted by atomic mass is 9.85. The minimum atomic E-state index is -0.330. The predicted molar refractivity (Wildman–Crippen MR) is 78.4 cm³/mol. The standard InChI is InChI=1S/C15H23N3O2/c1-18(11-12-5-4-6-12)9-10-20-14-8-3-2-7-13(14)15(19)17-16/h2-3,7-8,12H,4-6,9-11,16H2,1H3,(H,17,19). The fourth-order valence-corrected chi connectivity index (χ4v) is 2.38. The van der Waals surface area contributed by atoms with Crippen LogP contribution in [0.2, 0.25) is 0 Å². The van der Waals surface area contributed by atoms with Crippen LogP contribution in [0.3, 0.4) is 0 Å². The fourth-order valence-electron chi connectivity index (χ4n) is 2.38. The maximum atomic E-state index is 11.6. The van der Waals surface area contributed by atoms with Crippen molar-refractivity contribution < 1.29 is 9.53 Å². The third-order valence-corrected chi connectivity index (χ3v) is 3.79. The molecule has 1 aromatic carbocycles. The molecule has 1 aliphatic rings. The Labute approximate surface area is 120 Å². The van der Waals surface area contributed by atoms with Gasteiger partial charge in [0, 0.05) is 13.1 Å². The highest BCUT2D eigenvalue weighted by Crippen LogP contribution is 2.26. The van der Waals surface area contributed by atoms with Gasteiger partial charge in [-0.2, -0.15) is 0 Å². The summed E-state index contributed by atoms with van der Waals surface area (Å²) >= 11 is 0. The van der Waals surface area contributed by atoms with Crippen LogP contribution in [0.25, 0.3) is 0 Å². The highest BCUT2D eigenvalue weighted by Gasteiger charge is 2.19. The van der Waals surface area contributed by atoms with Crippen molar-refractivity contribution in [2.45, 2.75) is 19.3 Å². The average Bonchev–Trinajstić information content (AvgIpc) is 2.42. The van der Waals surface area contributed by atoms with Gasteiger partial charge in [0.25, 0.3) is 5.91 Å². The van der Waals surface area contributed by atoms with Crippen molar-refractivity contribution in [3.8, 4) is 5.75 Å². The maximum absolute atomic E-state index is 11.6. The Hall–Kier alpha value is -1.59. The smallest absolute Gasteiger partial charge is 0.268 e. The molecule has 1 amide bonds. The number of benzene rings is 1. The van der Waals surface area contributed by atoms with E-state index in [-0.39, 0.29) is 5.91 Å². The molecule has 3 N–H and O–H groups in total. The number of carbonyl (C=O) groups excluding carboxylic acids is 1. The number of nitrogens with one attached hydrogen (secondary N) is 1. The lowest BCUT2D eigenvalue weighted by molar-refractivity contribution is 0.0948. The summed E-state index contributed by atoms with van der Waals surface area (Å²) in [5.74, 6) is 6.27. The number of nitrogen functional groups attached to an aromatic ring is 1. The van der Waals surface area contributed by atoms with Gasteiger partial charge in [-0.1, -0.05) is 18.6 Å². The van der Waals surface area contributed by atoms with E-state index in [0.29, 0.717) is 17.9 Å². The van der Waals surface area contributed by atoms with Crippen LogP contribution in [0, 0.1) is 5.92 Å². The molecule has 0 spiro atoms. The molecule has 1 saturated carbocycles. The number of para-hydroxylation sites is 1. The van der Waals surface area contributed by atoms with E-state index in [2.05, 4.69) is 17.4 Å². The first-order valence-electron chi connectivity index (χ1n) is 7.12. The number of nitrogens with two attached hydrogens (primary N) is 1. The van der Waals surface area contributed by atoms with E-state index in [1.54, 1.807) is 18.2 Å². The highest BCUT2D eigenvalue weighted by molar-refractivity contribution is 5.96. The SMILES string of the molecule is CN(CCOc1ccccc1C(=O)NN)CC1CCC1. The summed E-state index contributed by atoms with van der Waals surface area (Å²) < 4.78 is 5.71. The number of hydrogen-bond acceptors (Lipinski definition) is 4. The first-order valence-corrected chi connectivity index (χ1v) is 7.12. The molecule has 5 nitrogen and oxygen atoms in total. The summed E-state index contributed by atoms with van der Waals surface area (Å²) in [6.45, 7) is 2.56. The van der Waals surface area contributed by atoms with Crippen molar-refractivity contribution in [3.63, 3.8) is 0 Å². The van der Waals surface area contributed by atoms with Crippen LogP contribution in [0.15, 0.2) is 24.3 Å². The summed E-state index contributed by atoms with van der Waals surface area (Å²) in [5, 5.41) is 0. The molecule has 2 rings (SSSR count). The largest absolute Gasteiger partial charge is 0.491 e. The first-order chi connectivity index (χ1) is 9.70. The number of rotatable bonds is 7. The first kappa shape index (κ1) is 14.8. The van der Waals surface area contributed by atoms with E-state index in [9.17, 15) is 4.79 Å². The number of amides is 1. The van der Waals surface area contributed by atoms with Crippen molar-refractivity contribution >= 4 is 5.91 Å². The zero-order valence-electron chi connectivity index (χ0n) is 12.0. The third kappa shape index (κ3) is 3.95. The predicted octanol–water partition coefficient (Wildman–Crippen LogP) is 1.40. The number of ether oxygens (including phenoxy) is 1. The zero-order chi connectivity index (χ0) is 14.4. The Bertz CT molecular complexity index is 446. The van der Waals surface area contributed by atoms with Crippen molar-refractivity contribution in [3.05, 3.63) is 29.8 Å². The van der Waals surface area contributed by atoms with Gasteiger partial charge in [0.05, 0.1) is 5.56 Å². The van der Waals surface area contributed by atoms with E-state index in [4.69, 9.17) is 10.6 Å². The number of hydrazine groups is 1. The van der Waals surface area contributed by atoms with E-state index in [1.807, 2.05) is 6.07 Å². The molecule has 0 atom stereocenters. The lowest BCUT2D eigenvalue weighted by Crippen LogP contribution is -2.33. The van der Waals surface area contributed by atoms with Crippen molar-refractivity contribution in [2.75, 3.05) is 26.7 Å². The summed E-state index contributed by atoms with van der Waals surface area (Å²) in [7, 11) is 2.11. The monoisotopic (exact) mass is 277 g/mol. The van der Waals surface area contributed by atoms with Gasteiger partial charge in [0.2, 0.25) is 0 Å². The molecular weight excluding hydrogens is 254 g/mol. The summed E-state index contributed by atoms with van der Waals surface area (Å²) in [6, 6.07) is 7.13. The fraction of sp³-hybridized carbons (Fsp3) is 0.533. The van der Waals surface area contributed by atoms with Gasteiger partial charge in [-0.05, 0) is 37.9 Å². The molecule has 0 aliphatic heterocycles. The molecule has 0 unspecified atom stereocenters. The van der Waals surface area contributed by atoms with Crippen LogP contribution in [-0.4, -0.2) is 37.6 Å². The maximum Gasteiger partial charge on any atom is 0.268 e. The van der Waals surface area contributed by atoms with Crippen LogP contribution in [-0.2, 0) is 0 Å². The second-order valence-corrected chi connectivity index (χ2v) is 5.38. The van der Waals surface area contributed by atoms with Crippen LogP contribution in [0.4, 0.5) is 0 Å². The van der Waals surface area contributed by atoms with Crippen molar-refractivity contribution in [1.29, 1.82) is 0 Å². The topological polar surface area (TPSA) is 67.6 Å². The molecular formula is C15H23N3O2. The van der Waals surface area contributed by atoms with Crippen LogP contribution < -0.4 is 16.0 Å². The Kier molecular flexibility index (Phi) is 5.38. The second-order valence-electron chi connectivity index (χ2n) is 5.38. The molecule has 110 valence electrons. The molecule has 0 radical (unpaired) electrons.